The fourth-order valence-corrected chi connectivity index (χ4v) is 1.02. The minimum atomic E-state index is -0.414. The van der Waals surface area contributed by atoms with Crippen molar-refractivity contribution in [3.05, 3.63) is 0 Å². The summed E-state index contributed by atoms with van der Waals surface area (Å²) < 4.78 is 0. The quantitative estimate of drug-likeness (QED) is 0.264. The molecule has 0 aromatic heterocycles. The Kier molecular flexibility index (Phi) is 5.01. The first-order valence-corrected chi connectivity index (χ1v) is 3.94. The third kappa shape index (κ3) is 5.15. The highest BCUT2D eigenvalue weighted by Crippen LogP contribution is 1.96. The van der Waals surface area contributed by atoms with Crippen LogP contribution in [0.15, 0.2) is 0 Å². The van der Waals surface area contributed by atoms with E-state index in [0.29, 0.717) is 6.54 Å². The Hall–Kier alpha value is -1.14. The van der Waals surface area contributed by atoms with E-state index in [2.05, 4.69) is 0 Å². The molecule has 2 amide bonds. The van der Waals surface area contributed by atoms with Gasteiger partial charge in [-0.3, -0.25) is 19.9 Å². The van der Waals surface area contributed by atoms with Crippen molar-refractivity contribution in [2.24, 2.45) is 17.5 Å². The smallest absolute Gasteiger partial charge is 0.237 e. The van der Waals surface area contributed by atoms with E-state index in [1.54, 1.807) is 18.9 Å². The number of hydrogen-bond acceptors (Lipinski definition) is 4. The highest BCUT2D eigenvalue weighted by molar-refractivity contribution is 5.78. The van der Waals surface area contributed by atoms with E-state index >= 15 is 0 Å². The van der Waals surface area contributed by atoms with Crippen molar-refractivity contribution < 1.29 is 9.59 Å². The molecule has 0 aliphatic rings. The molecular formula is C7H16N4O2. The number of primary amides is 1. The van der Waals surface area contributed by atoms with Gasteiger partial charge in [-0.1, -0.05) is 6.92 Å². The molecule has 0 rings (SSSR count). The van der Waals surface area contributed by atoms with Gasteiger partial charge < -0.3 is 5.73 Å². The largest absolute Gasteiger partial charge is 0.369 e. The number of rotatable bonds is 5. The van der Waals surface area contributed by atoms with Gasteiger partial charge in [0.2, 0.25) is 11.8 Å². The lowest BCUT2D eigenvalue weighted by molar-refractivity contribution is -0.126. The first-order chi connectivity index (χ1) is 5.97. The second-order valence-corrected chi connectivity index (χ2v) is 3.07. The predicted molar refractivity (Wildman–Crippen MR) is 48.2 cm³/mol. The maximum absolute atomic E-state index is 11.0. The fourth-order valence-electron chi connectivity index (χ4n) is 1.02. The fraction of sp³-hybridized carbons (Fsp3) is 0.714. The zero-order valence-corrected chi connectivity index (χ0v) is 7.91. The molecule has 0 spiro atoms. The summed E-state index contributed by atoms with van der Waals surface area (Å²) in [7, 11) is 1.71. The molecule has 0 aromatic rings. The molecule has 5 N–H and O–H groups in total. The molecule has 6 heteroatoms. The lowest BCUT2D eigenvalue weighted by Crippen LogP contribution is -2.41. The van der Waals surface area contributed by atoms with E-state index in [1.807, 2.05) is 5.43 Å². The lowest BCUT2D eigenvalue weighted by Gasteiger charge is -2.18. The summed E-state index contributed by atoms with van der Waals surface area (Å²) in [5.41, 5.74) is 7.01. The predicted octanol–water partition coefficient (Wildman–Crippen LogP) is -1.97. The van der Waals surface area contributed by atoms with E-state index in [1.165, 1.54) is 0 Å². The Morgan fingerprint density at radius 2 is 2.08 bits per heavy atom. The topological polar surface area (TPSA) is 101 Å². The van der Waals surface area contributed by atoms with Crippen molar-refractivity contribution in [3.63, 3.8) is 0 Å². The van der Waals surface area contributed by atoms with Crippen LogP contribution >= 0.6 is 0 Å². The molecular weight excluding hydrogens is 172 g/mol. The van der Waals surface area contributed by atoms with Crippen molar-refractivity contribution in [2.45, 2.75) is 6.92 Å². The molecule has 0 heterocycles. The molecule has 0 aliphatic carbocycles. The summed E-state index contributed by atoms with van der Waals surface area (Å²) >= 11 is 0. The Bertz CT molecular complexity index is 195. The summed E-state index contributed by atoms with van der Waals surface area (Å²) in [6.07, 6.45) is 0. The summed E-state index contributed by atoms with van der Waals surface area (Å²) in [6.45, 7) is 2.31. The van der Waals surface area contributed by atoms with Crippen molar-refractivity contribution in [1.29, 1.82) is 0 Å². The standard InChI is InChI=1S/C7H16N4O2/c1-5(7(13)10-9)3-11(2)4-6(8)12/h5H,3-4,9H2,1-2H3,(H2,8,12)(H,10,13). The van der Waals surface area contributed by atoms with Crippen molar-refractivity contribution in [2.75, 3.05) is 20.1 Å². The summed E-state index contributed by atoms with van der Waals surface area (Å²) in [6, 6.07) is 0. The molecule has 0 saturated heterocycles. The Morgan fingerprint density at radius 3 is 2.46 bits per heavy atom. The average molecular weight is 188 g/mol. The van der Waals surface area contributed by atoms with E-state index < -0.39 is 5.91 Å². The molecule has 76 valence electrons. The number of nitrogens with zero attached hydrogens (tertiary/aromatic N) is 1. The summed E-state index contributed by atoms with van der Waals surface area (Å²) in [5, 5.41) is 0. The number of amides is 2. The number of carbonyl (C=O) groups is 2. The van der Waals surface area contributed by atoms with Crippen LogP contribution in [0.4, 0.5) is 0 Å². The Balaban J connectivity index is 3.83. The van der Waals surface area contributed by atoms with Crippen molar-refractivity contribution in [3.8, 4) is 0 Å². The van der Waals surface area contributed by atoms with E-state index in [-0.39, 0.29) is 18.4 Å². The zero-order valence-electron chi connectivity index (χ0n) is 7.91. The van der Waals surface area contributed by atoms with Gasteiger partial charge in [-0.2, -0.15) is 0 Å². The SMILES string of the molecule is CC(CN(C)CC(N)=O)C(=O)NN. The molecule has 6 nitrogen and oxygen atoms in total. The highest BCUT2D eigenvalue weighted by atomic mass is 16.2. The molecule has 1 unspecified atom stereocenters. The van der Waals surface area contributed by atoms with Crippen LogP contribution in [0.2, 0.25) is 0 Å². The molecule has 0 radical (unpaired) electrons. The number of nitrogens with two attached hydrogens (primary N) is 2. The third-order valence-corrected chi connectivity index (χ3v) is 1.60. The average Bonchev–Trinajstić information content (AvgIpc) is 2.01. The van der Waals surface area contributed by atoms with Crippen LogP contribution < -0.4 is 17.0 Å². The van der Waals surface area contributed by atoms with Crippen LogP contribution in [0.25, 0.3) is 0 Å². The number of hydrazine groups is 1. The summed E-state index contributed by atoms with van der Waals surface area (Å²) in [4.78, 5) is 23.1. The van der Waals surface area contributed by atoms with Gasteiger partial charge in [0.25, 0.3) is 0 Å². The van der Waals surface area contributed by atoms with Crippen LogP contribution in [-0.4, -0.2) is 36.9 Å². The van der Waals surface area contributed by atoms with Gasteiger partial charge in [-0.05, 0) is 7.05 Å². The van der Waals surface area contributed by atoms with Gasteiger partial charge in [-0.25, -0.2) is 5.84 Å². The molecule has 0 aromatic carbocycles. The minimum Gasteiger partial charge on any atom is -0.369 e. The van der Waals surface area contributed by atoms with Crippen molar-refractivity contribution in [1.82, 2.24) is 10.3 Å². The number of nitrogens with one attached hydrogen (secondary N) is 1. The normalized spacial score (nSPS) is 12.6. The highest BCUT2D eigenvalue weighted by Gasteiger charge is 2.14. The molecule has 0 saturated carbocycles. The molecule has 13 heavy (non-hydrogen) atoms. The van der Waals surface area contributed by atoms with Crippen molar-refractivity contribution >= 4 is 11.8 Å². The van der Waals surface area contributed by atoms with Crippen LogP contribution in [0.1, 0.15) is 6.92 Å². The number of carbonyl (C=O) groups excluding carboxylic acids is 2. The summed E-state index contributed by atoms with van der Waals surface area (Å²) in [5.74, 6) is 4.02. The maximum atomic E-state index is 11.0. The van der Waals surface area contributed by atoms with Gasteiger partial charge in [0.1, 0.15) is 0 Å². The number of likely N-dealkylation sites (N-methyl/N-ethyl adjacent to an activating group) is 1. The van der Waals surface area contributed by atoms with Gasteiger partial charge >= 0.3 is 0 Å². The molecule has 0 bridgehead atoms. The van der Waals surface area contributed by atoms with E-state index in [9.17, 15) is 9.59 Å². The first-order valence-electron chi connectivity index (χ1n) is 3.94. The van der Waals surface area contributed by atoms with Gasteiger partial charge in [0, 0.05) is 12.5 Å². The van der Waals surface area contributed by atoms with Gasteiger partial charge in [0.15, 0.2) is 0 Å². The maximum Gasteiger partial charge on any atom is 0.237 e. The van der Waals surface area contributed by atoms with Crippen LogP contribution in [0.5, 0.6) is 0 Å². The van der Waals surface area contributed by atoms with Gasteiger partial charge in [0.05, 0.1) is 6.54 Å². The monoisotopic (exact) mass is 188 g/mol. The van der Waals surface area contributed by atoms with Crippen LogP contribution in [0.3, 0.4) is 0 Å². The molecule has 0 aliphatic heterocycles. The minimum absolute atomic E-state index is 0.141. The Morgan fingerprint density at radius 1 is 1.54 bits per heavy atom. The third-order valence-electron chi connectivity index (χ3n) is 1.60. The second kappa shape index (κ2) is 5.50. The first kappa shape index (κ1) is 11.9. The van der Waals surface area contributed by atoms with E-state index in [4.69, 9.17) is 11.6 Å². The Labute approximate surface area is 77.2 Å². The second-order valence-electron chi connectivity index (χ2n) is 3.07. The van der Waals surface area contributed by atoms with Crippen LogP contribution in [-0.2, 0) is 9.59 Å². The lowest BCUT2D eigenvalue weighted by atomic mass is 10.1. The zero-order chi connectivity index (χ0) is 10.4. The van der Waals surface area contributed by atoms with Crippen LogP contribution in [0, 0.1) is 5.92 Å². The number of hydrogen-bond donors (Lipinski definition) is 3. The van der Waals surface area contributed by atoms with Gasteiger partial charge in [-0.15, -0.1) is 0 Å². The molecule has 1 atom stereocenters. The van der Waals surface area contributed by atoms with E-state index in [0.717, 1.165) is 0 Å². The molecule has 0 fully saturated rings.